The van der Waals surface area contributed by atoms with E-state index in [9.17, 15) is 4.79 Å². The van der Waals surface area contributed by atoms with E-state index < -0.39 is 0 Å². The molecule has 0 spiro atoms. The smallest absolute Gasteiger partial charge is 0.258 e. The van der Waals surface area contributed by atoms with Crippen LogP contribution in [0.4, 0.5) is 0 Å². The van der Waals surface area contributed by atoms with Gasteiger partial charge in [-0.15, -0.1) is 11.3 Å². The second-order valence-corrected chi connectivity index (χ2v) is 9.72. The van der Waals surface area contributed by atoms with E-state index >= 15 is 0 Å². The first kappa shape index (κ1) is 19.5. The molecule has 1 N–H and O–H groups in total. The Labute approximate surface area is 180 Å². The van der Waals surface area contributed by atoms with Gasteiger partial charge in [-0.05, 0) is 56.4 Å². The minimum absolute atomic E-state index is 0.0273. The maximum Gasteiger partial charge on any atom is 0.258 e. The molecule has 5 rings (SSSR count). The molecule has 30 heavy (non-hydrogen) atoms. The van der Waals surface area contributed by atoms with Gasteiger partial charge in [0.25, 0.3) is 5.91 Å². The molecular weight excluding hydrogens is 394 g/mol. The third-order valence-corrected chi connectivity index (χ3v) is 7.75. The van der Waals surface area contributed by atoms with Crippen LogP contribution in [0.25, 0.3) is 21.3 Å². The average Bonchev–Trinajstić information content (AvgIpc) is 3.48. The number of nitrogens with one attached hydrogen (secondary N) is 1. The summed E-state index contributed by atoms with van der Waals surface area (Å²) in [5, 5.41) is 6.12. The third kappa shape index (κ3) is 3.69. The molecule has 156 valence electrons. The summed E-state index contributed by atoms with van der Waals surface area (Å²) in [6, 6.07) is 8.57. The monoisotopic (exact) mass is 421 g/mol. The molecule has 2 saturated carbocycles. The van der Waals surface area contributed by atoms with Crippen molar-refractivity contribution in [3.05, 3.63) is 41.5 Å². The normalized spacial score (nSPS) is 23.6. The van der Waals surface area contributed by atoms with Crippen molar-refractivity contribution in [2.75, 3.05) is 6.61 Å². The Hall–Kier alpha value is -2.47. The quantitative estimate of drug-likeness (QED) is 0.609. The Kier molecular flexibility index (Phi) is 5.19. The number of rotatable bonds is 6. The van der Waals surface area contributed by atoms with Crippen molar-refractivity contribution >= 4 is 27.5 Å². The van der Waals surface area contributed by atoms with Gasteiger partial charge < -0.3 is 10.1 Å². The van der Waals surface area contributed by atoms with Crippen LogP contribution in [0.5, 0.6) is 5.88 Å². The van der Waals surface area contributed by atoms with Crippen molar-refractivity contribution in [2.24, 2.45) is 17.8 Å². The molecule has 0 radical (unpaired) electrons. The van der Waals surface area contributed by atoms with E-state index in [0.717, 1.165) is 33.2 Å². The summed E-state index contributed by atoms with van der Waals surface area (Å²) in [6.07, 6.45) is 6.81. The first-order valence-corrected chi connectivity index (χ1v) is 11.7. The highest BCUT2D eigenvalue weighted by Crippen LogP contribution is 2.49. The molecule has 4 atom stereocenters. The van der Waals surface area contributed by atoms with E-state index in [2.05, 4.69) is 58.8 Å². The van der Waals surface area contributed by atoms with Gasteiger partial charge in [-0.1, -0.05) is 36.2 Å². The van der Waals surface area contributed by atoms with Gasteiger partial charge in [0.15, 0.2) is 6.61 Å². The average molecular weight is 422 g/mol. The molecule has 2 aliphatic carbocycles. The lowest BCUT2D eigenvalue weighted by Crippen LogP contribution is -2.42. The number of benzene rings is 1. The minimum atomic E-state index is -0.0795. The minimum Gasteiger partial charge on any atom is -0.467 e. The van der Waals surface area contributed by atoms with Gasteiger partial charge in [-0.25, -0.2) is 9.97 Å². The summed E-state index contributed by atoms with van der Waals surface area (Å²) < 4.78 is 5.89. The highest BCUT2D eigenvalue weighted by Gasteiger charge is 2.42. The molecule has 2 aliphatic rings. The highest BCUT2D eigenvalue weighted by molar-refractivity contribution is 7.17. The molecule has 2 bridgehead atoms. The van der Waals surface area contributed by atoms with Crippen molar-refractivity contribution in [1.29, 1.82) is 0 Å². The fourth-order valence-electron chi connectivity index (χ4n) is 5.35. The maximum atomic E-state index is 12.6. The molecule has 5 nitrogen and oxygen atoms in total. The molecule has 0 aliphatic heterocycles. The lowest BCUT2D eigenvalue weighted by Gasteiger charge is -2.28. The van der Waals surface area contributed by atoms with Crippen molar-refractivity contribution in [3.63, 3.8) is 0 Å². The number of hydrogen-bond acceptors (Lipinski definition) is 5. The van der Waals surface area contributed by atoms with Crippen LogP contribution in [0.15, 0.2) is 36.0 Å². The van der Waals surface area contributed by atoms with Gasteiger partial charge in [0.1, 0.15) is 11.2 Å². The number of ether oxygens (including phenoxy) is 1. The summed E-state index contributed by atoms with van der Waals surface area (Å²) in [6.45, 7) is 4.18. The van der Waals surface area contributed by atoms with E-state index in [0.29, 0.717) is 11.8 Å². The van der Waals surface area contributed by atoms with Crippen LogP contribution >= 0.6 is 11.3 Å². The van der Waals surface area contributed by atoms with Gasteiger partial charge in [-0.3, -0.25) is 4.79 Å². The van der Waals surface area contributed by atoms with Gasteiger partial charge in [0.2, 0.25) is 5.88 Å². The van der Waals surface area contributed by atoms with Crippen molar-refractivity contribution in [2.45, 2.75) is 45.6 Å². The maximum absolute atomic E-state index is 12.6. The molecule has 2 aromatic heterocycles. The zero-order valence-electron chi connectivity index (χ0n) is 17.4. The number of hydrogen-bond donors (Lipinski definition) is 1. The van der Waals surface area contributed by atoms with Crippen molar-refractivity contribution in [1.82, 2.24) is 15.3 Å². The number of carbonyl (C=O) groups is 1. The third-order valence-electron chi connectivity index (χ3n) is 6.86. The van der Waals surface area contributed by atoms with Crippen LogP contribution in [0.3, 0.4) is 0 Å². The molecular formula is C24H27N3O2S. The first-order chi connectivity index (χ1) is 14.6. The Morgan fingerprint density at radius 1 is 1.23 bits per heavy atom. The standard InChI is InChI=1S/C24H27N3O2S/c1-14-3-6-17(7-4-14)20-12-30-24-22(20)23(25-13-26-24)29-11-21(28)27-15(2)19-10-16-5-8-18(19)9-16/h3-4,6-7,12-13,15-16,18-19H,5,8-11H2,1-2H3,(H,27,28)/t15-,16+,18+,19-/m0/s1. The van der Waals surface area contributed by atoms with E-state index in [-0.39, 0.29) is 18.6 Å². The van der Waals surface area contributed by atoms with Gasteiger partial charge >= 0.3 is 0 Å². The highest BCUT2D eigenvalue weighted by atomic mass is 32.1. The number of carbonyl (C=O) groups excluding carboxylic acids is 1. The molecule has 6 heteroatoms. The Balaban J connectivity index is 1.29. The zero-order valence-corrected chi connectivity index (χ0v) is 18.2. The number of fused-ring (bicyclic) bond motifs is 3. The summed E-state index contributed by atoms with van der Waals surface area (Å²) in [5.74, 6) is 2.67. The summed E-state index contributed by atoms with van der Waals surface area (Å²) in [7, 11) is 0. The Bertz CT molecular complexity index is 1060. The van der Waals surface area contributed by atoms with Crippen molar-refractivity contribution < 1.29 is 9.53 Å². The zero-order chi connectivity index (χ0) is 20.7. The van der Waals surface area contributed by atoms with Gasteiger partial charge in [-0.2, -0.15) is 0 Å². The molecule has 0 saturated heterocycles. The molecule has 0 unspecified atom stereocenters. The van der Waals surface area contributed by atoms with Crippen LogP contribution in [-0.2, 0) is 4.79 Å². The van der Waals surface area contributed by atoms with Crippen LogP contribution in [0, 0.1) is 24.7 Å². The first-order valence-electron chi connectivity index (χ1n) is 10.8. The van der Waals surface area contributed by atoms with Crippen LogP contribution in [-0.4, -0.2) is 28.5 Å². The van der Waals surface area contributed by atoms with Crippen LogP contribution < -0.4 is 10.1 Å². The van der Waals surface area contributed by atoms with Crippen molar-refractivity contribution in [3.8, 4) is 17.0 Å². The second-order valence-electron chi connectivity index (χ2n) is 8.86. The molecule has 2 heterocycles. The Morgan fingerprint density at radius 2 is 2.07 bits per heavy atom. The topological polar surface area (TPSA) is 64.1 Å². The van der Waals surface area contributed by atoms with Gasteiger partial charge in [0, 0.05) is 17.0 Å². The summed E-state index contributed by atoms with van der Waals surface area (Å²) >= 11 is 1.56. The number of aryl methyl sites for hydroxylation is 1. The van der Waals surface area contributed by atoms with E-state index in [4.69, 9.17) is 4.74 Å². The molecule has 3 aromatic rings. The SMILES string of the molecule is Cc1ccc(-c2csc3ncnc(OCC(=O)N[C@@H](C)[C@@H]4C[C@@H]5CC[C@@H]4C5)c23)cc1. The molecule has 1 amide bonds. The van der Waals surface area contributed by atoms with Crippen LogP contribution in [0.2, 0.25) is 0 Å². The molecule has 2 fully saturated rings. The van der Waals surface area contributed by atoms with Gasteiger partial charge in [0.05, 0.1) is 5.39 Å². The predicted molar refractivity (Wildman–Crippen MR) is 120 cm³/mol. The lowest BCUT2D eigenvalue weighted by molar-refractivity contribution is -0.124. The molecule has 1 aromatic carbocycles. The Morgan fingerprint density at radius 3 is 2.80 bits per heavy atom. The number of amides is 1. The fourth-order valence-corrected chi connectivity index (χ4v) is 6.25. The van der Waals surface area contributed by atoms with E-state index in [1.165, 1.54) is 37.6 Å². The number of thiophene rings is 1. The van der Waals surface area contributed by atoms with E-state index in [1.54, 1.807) is 11.3 Å². The lowest BCUT2D eigenvalue weighted by atomic mass is 9.84. The van der Waals surface area contributed by atoms with E-state index in [1.807, 2.05) is 0 Å². The number of aromatic nitrogens is 2. The largest absolute Gasteiger partial charge is 0.467 e. The number of nitrogens with zero attached hydrogens (tertiary/aromatic N) is 2. The predicted octanol–water partition coefficient (Wildman–Crippen LogP) is 4.99. The summed E-state index contributed by atoms with van der Waals surface area (Å²) in [5.41, 5.74) is 3.36. The fraction of sp³-hybridized carbons (Fsp3) is 0.458. The summed E-state index contributed by atoms with van der Waals surface area (Å²) in [4.78, 5) is 22.2. The second kappa shape index (κ2) is 7.99. The van der Waals surface area contributed by atoms with Crippen LogP contribution in [0.1, 0.15) is 38.2 Å².